The summed E-state index contributed by atoms with van der Waals surface area (Å²) in [7, 11) is 1.47. The summed E-state index contributed by atoms with van der Waals surface area (Å²) in [6, 6.07) is 4.97. The highest BCUT2D eigenvalue weighted by Crippen LogP contribution is 2.30. The number of hydrogen-bond acceptors (Lipinski definition) is 4. The van der Waals surface area contributed by atoms with Crippen molar-refractivity contribution < 1.29 is 14.3 Å². The Hall–Kier alpha value is -1.54. The molecule has 0 radical (unpaired) electrons. The van der Waals surface area contributed by atoms with Gasteiger partial charge in [0.05, 0.1) is 29.3 Å². The Balaban J connectivity index is 3.23. The van der Waals surface area contributed by atoms with E-state index < -0.39 is 5.97 Å². The average molecular weight is 284 g/mol. The Morgan fingerprint density at radius 2 is 2.25 bits per heavy atom. The number of rotatable bonds is 3. The van der Waals surface area contributed by atoms with Gasteiger partial charge in [-0.15, -0.1) is 0 Å². The molecule has 0 saturated heterocycles. The van der Waals surface area contributed by atoms with Crippen LogP contribution in [0.1, 0.15) is 22.8 Å². The Morgan fingerprint density at radius 1 is 1.56 bits per heavy atom. The van der Waals surface area contributed by atoms with Gasteiger partial charge in [0.25, 0.3) is 0 Å². The van der Waals surface area contributed by atoms with Crippen LogP contribution in [0, 0.1) is 11.3 Å². The third-order valence-electron chi connectivity index (χ3n) is 1.89. The molecule has 1 aromatic carbocycles. The molecule has 0 N–H and O–H groups in total. The van der Waals surface area contributed by atoms with Gasteiger partial charge in [-0.1, -0.05) is 0 Å². The van der Waals surface area contributed by atoms with Crippen molar-refractivity contribution in [2.75, 3.05) is 13.7 Å². The Labute approximate surface area is 102 Å². The van der Waals surface area contributed by atoms with E-state index in [1.165, 1.54) is 19.2 Å². The van der Waals surface area contributed by atoms with E-state index in [0.29, 0.717) is 28.0 Å². The molecular weight excluding hydrogens is 274 g/mol. The number of hydrogen-bond donors (Lipinski definition) is 0. The minimum absolute atomic E-state index is 0.291. The Bertz CT molecular complexity index is 451. The summed E-state index contributed by atoms with van der Waals surface area (Å²) >= 11 is 3.22. The number of esters is 1. The Kier molecular flexibility index (Phi) is 4.32. The monoisotopic (exact) mass is 283 g/mol. The minimum atomic E-state index is -0.468. The van der Waals surface area contributed by atoms with Crippen LogP contribution in [0.5, 0.6) is 5.75 Å². The summed E-state index contributed by atoms with van der Waals surface area (Å²) < 4.78 is 10.4. The molecule has 16 heavy (non-hydrogen) atoms. The van der Waals surface area contributed by atoms with Gasteiger partial charge >= 0.3 is 5.97 Å². The zero-order valence-electron chi connectivity index (χ0n) is 8.91. The normalized spacial score (nSPS) is 9.38. The number of methoxy groups -OCH3 is 1. The van der Waals surface area contributed by atoms with Gasteiger partial charge in [0, 0.05) is 0 Å². The standard InChI is InChI=1S/C11H10BrNO3/c1-3-16-11(14)7-4-8(6-13)10(12)9(5-7)15-2/h4-5H,3H2,1-2H3. The molecule has 0 unspecified atom stereocenters. The Morgan fingerprint density at radius 3 is 2.75 bits per heavy atom. The van der Waals surface area contributed by atoms with Gasteiger partial charge in [-0.05, 0) is 35.0 Å². The molecule has 0 atom stereocenters. The van der Waals surface area contributed by atoms with Gasteiger partial charge in [0.2, 0.25) is 0 Å². The summed E-state index contributed by atoms with van der Waals surface area (Å²) in [4.78, 5) is 11.5. The van der Waals surface area contributed by atoms with E-state index in [1.54, 1.807) is 6.92 Å². The van der Waals surface area contributed by atoms with Crippen molar-refractivity contribution >= 4 is 21.9 Å². The van der Waals surface area contributed by atoms with Crippen molar-refractivity contribution in [1.29, 1.82) is 5.26 Å². The van der Waals surface area contributed by atoms with Gasteiger partial charge in [0.15, 0.2) is 0 Å². The van der Waals surface area contributed by atoms with Crippen molar-refractivity contribution in [3.8, 4) is 11.8 Å². The van der Waals surface area contributed by atoms with Crippen molar-refractivity contribution in [2.24, 2.45) is 0 Å². The lowest BCUT2D eigenvalue weighted by Crippen LogP contribution is -2.05. The average Bonchev–Trinajstić information content (AvgIpc) is 2.29. The number of nitrogens with zero attached hydrogens (tertiary/aromatic N) is 1. The first kappa shape index (κ1) is 12.5. The molecule has 0 heterocycles. The van der Waals surface area contributed by atoms with E-state index in [2.05, 4.69) is 15.9 Å². The SMILES string of the molecule is CCOC(=O)c1cc(C#N)c(Br)c(OC)c1. The molecule has 0 aliphatic carbocycles. The maximum atomic E-state index is 11.5. The zero-order valence-corrected chi connectivity index (χ0v) is 10.5. The number of benzene rings is 1. The molecule has 0 aromatic heterocycles. The summed E-state index contributed by atoms with van der Waals surface area (Å²) in [5.74, 6) is -0.0353. The summed E-state index contributed by atoms with van der Waals surface area (Å²) in [5, 5.41) is 8.89. The molecule has 0 bridgehead atoms. The number of ether oxygens (including phenoxy) is 2. The van der Waals surface area contributed by atoms with Gasteiger partial charge in [-0.3, -0.25) is 0 Å². The number of carbonyl (C=O) groups excluding carboxylic acids is 1. The maximum absolute atomic E-state index is 11.5. The van der Waals surface area contributed by atoms with Crippen LogP contribution >= 0.6 is 15.9 Å². The van der Waals surface area contributed by atoms with Gasteiger partial charge in [-0.2, -0.15) is 5.26 Å². The molecule has 1 rings (SSSR count). The third kappa shape index (κ3) is 2.52. The predicted molar refractivity (Wildman–Crippen MR) is 61.4 cm³/mol. The van der Waals surface area contributed by atoms with Crippen LogP contribution < -0.4 is 4.74 Å². The van der Waals surface area contributed by atoms with Crippen LogP contribution in [0.15, 0.2) is 16.6 Å². The second-order valence-electron chi connectivity index (χ2n) is 2.87. The molecule has 0 amide bonds. The predicted octanol–water partition coefficient (Wildman–Crippen LogP) is 2.51. The van der Waals surface area contributed by atoms with Gasteiger partial charge in [0.1, 0.15) is 11.8 Å². The molecule has 1 aromatic rings. The van der Waals surface area contributed by atoms with E-state index in [9.17, 15) is 4.79 Å². The van der Waals surface area contributed by atoms with Crippen molar-refractivity contribution in [1.82, 2.24) is 0 Å². The van der Waals surface area contributed by atoms with Crippen LogP contribution in [-0.2, 0) is 4.74 Å². The lowest BCUT2D eigenvalue weighted by Gasteiger charge is -2.08. The fourth-order valence-corrected chi connectivity index (χ4v) is 1.64. The first-order valence-corrected chi connectivity index (χ1v) is 5.38. The molecule has 4 nitrogen and oxygen atoms in total. The molecule has 0 aliphatic heterocycles. The van der Waals surface area contributed by atoms with Crippen molar-refractivity contribution in [3.05, 3.63) is 27.7 Å². The smallest absolute Gasteiger partial charge is 0.338 e. The first-order chi connectivity index (χ1) is 7.63. The number of nitriles is 1. The fourth-order valence-electron chi connectivity index (χ4n) is 1.16. The summed E-state index contributed by atoms with van der Waals surface area (Å²) in [6.07, 6.45) is 0. The zero-order chi connectivity index (χ0) is 12.1. The maximum Gasteiger partial charge on any atom is 0.338 e. The van der Waals surface area contributed by atoms with Gasteiger partial charge in [-0.25, -0.2) is 4.79 Å². The quantitative estimate of drug-likeness (QED) is 0.800. The van der Waals surface area contributed by atoms with Gasteiger partial charge < -0.3 is 9.47 Å². The highest BCUT2D eigenvalue weighted by molar-refractivity contribution is 9.10. The van der Waals surface area contributed by atoms with Crippen molar-refractivity contribution in [2.45, 2.75) is 6.92 Å². The lowest BCUT2D eigenvalue weighted by atomic mass is 10.1. The van der Waals surface area contributed by atoms with E-state index in [4.69, 9.17) is 14.7 Å². The topological polar surface area (TPSA) is 59.3 Å². The van der Waals surface area contributed by atoms with Crippen LogP contribution in [0.4, 0.5) is 0 Å². The van der Waals surface area contributed by atoms with Crippen LogP contribution in [-0.4, -0.2) is 19.7 Å². The lowest BCUT2D eigenvalue weighted by molar-refractivity contribution is 0.0526. The molecule has 5 heteroatoms. The highest BCUT2D eigenvalue weighted by Gasteiger charge is 2.14. The van der Waals surface area contributed by atoms with E-state index in [-0.39, 0.29) is 0 Å². The van der Waals surface area contributed by atoms with E-state index >= 15 is 0 Å². The van der Waals surface area contributed by atoms with E-state index in [1.807, 2.05) is 6.07 Å². The summed E-state index contributed by atoms with van der Waals surface area (Å²) in [5.41, 5.74) is 0.640. The molecular formula is C11H10BrNO3. The van der Waals surface area contributed by atoms with Crippen molar-refractivity contribution in [3.63, 3.8) is 0 Å². The minimum Gasteiger partial charge on any atom is -0.496 e. The molecule has 0 saturated carbocycles. The molecule has 84 valence electrons. The summed E-state index contributed by atoms with van der Waals surface area (Å²) in [6.45, 7) is 2.01. The first-order valence-electron chi connectivity index (χ1n) is 4.58. The van der Waals surface area contributed by atoms with E-state index in [0.717, 1.165) is 0 Å². The molecule has 0 aliphatic rings. The molecule has 0 spiro atoms. The number of halogens is 1. The van der Waals surface area contributed by atoms with Crippen LogP contribution in [0.2, 0.25) is 0 Å². The third-order valence-corrected chi connectivity index (χ3v) is 2.71. The second kappa shape index (κ2) is 5.52. The second-order valence-corrected chi connectivity index (χ2v) is 3.67. The highest BCUT2D eigenvalue weighted by atomic mass is 79.9. The fraction of sp³-hybridized carbons (Fsp3) is 0.273. The van der Waals surface area contributed by atoms with Crippen LogP contribution in [0.25, 0.3) is 0 Å². The largest absolute Gasteiger partial charge is 0.496 e. The van der Waals surface area contributed by atoms with Crippen LogP contribution in [0.3, 0.4) is 0 Å². The number of carbonyl (C=O) groups is 1. The molecule has 0 fully saturated rings.